The van der Waals surface area contributed by atoms with Crippen molar-refractivity contribution in [2.75, 3.05) is 0 Å². The first kappa shape index (κ1) is 30.8. The fraction of sp³-hybridized carbons (Fsp3) is 0.750. The second-order valence-electron chi connectivity index (χ2n) is 14.8. The van der Waals surface area contributed by atoms with Crippen LogP contribution in [0, 0.1) is 39.4 Å². The Hall–Kier alpha value is -2.16. The summed E-state index contributed by atoms with van der Waals surface area (Å²) < 4.78 is 5.23. The highest BCUT2D eigenvalue weighted by atomic mass is 16.6. The molecular formula is C32H46O8. The number of rotatable bonds is 5. The summed E-state index contributed by atoms with van der Waals surface area (Å²) in [6.45, 7) is 15.4. The first-order valence-electron chi connectivity index (χ1n) is 14.4. The fourth-order valence-corrected chi connectivity index (χ4v) is 9.40. The Labute approximate surface area is 237 Å². The lowest BCUT2D eigenvalue weighted by Gasteiger charge is -2.64. The first-order valence-corrected chi connectivity index (χ1v) is 14.4. The molecule has 0 radical (unpaired) electrons. The van der Waals surface area contributed by atoms with Gasteiger partial charge in [0.15, 0.2) is 11.6 Å². The van der Waals surface area contributed by atoms with Crippen LogP contribution in [0.1, 0.15) is 88.0 Å². The van der Waals surface area contributed by atoms with E-state index in [1.807, 2.05) is 27.7 Å². The van der Waals surface area contributed by atoms with Crippen molar-refractivity contribution in [2.45, 2.75) is 111 Å². The fourth-order valence-electron chi connectivity index (χ4n) is 9.40. The summed E-state index contributed by atoms with van der Waals surface area (Å²) in [6, 6.07) is 0. The standard InChI is InChI=1S/C32H46O8/c1-17(33)40-27(2,3)13-12-23(36)32(9,39)25-21(35)15-29(6)22-11-10-18-19(14-20(34)26(38)28(18,4)5)31(22,8)24(37)16-30(25,29)7/h10,12-13,19-22,25,34-35,39H,11,14-16H2,1-9H3/b13-12+/t19-,20?,21?,22-,25-,29+,30-,31+,32-/m0/s1. The average Bonchev–Trinajstić information content (AvgIpc) is 3.01. The Morgan fingerprint density at radius 3 is 2.23 bits per heavy atom. The highest BCUT2D eigenvalue weighted by Crippen LogP contribution is 2.74. The van der Waals surface area contributed by atoms with Crippen LogP contribution in [0.25, 0.3) is 0 Å². The van der Waals surface area contributed by atoms with Crippen LogP contribution in [0.4, 0.5) is 0 Å². The molecule has 4 aliphatic carbocycles. The predicted molar refractivity (Wildman–Crippen MR) is 148 cm³/mol. The molecule has 0 spiro atoms. The molecule has 0 bridgehead atoms. The highest BCUT2D eigenvalue weighted by Gasteiger charge is 2.74. The van der Waals surface area contributed by atoms with E-state index in [-0.39, 0.29) is 36.2 Å². The van der Waals surface area contributed by atoms with Gasteiger partial charge in [0.1, 0.15) is 23.1 Å². The minimum atomic E-state index is -1.99. The molecule has 0 heterocycles. The van der Waals surface area contributed by atoms with Gasteiger partial charge < -0.3 is 20.1 Å². The number of hydrogen-bond donors (Lipinski definition) is 3. The number of ether oxygens (including phenoxy) is 1. The maximum Gasteiger partial charge on any atom is 0.303 e. The summed E-state index contributed by atoms with van der Waals surface area (Å²) in [7, 11) is 0. The minimum absolute atomic E-state index is 0.0284. The quantitative estimate of drug-likeness (QED) is 0.265. The molecular weight excluding hydrogens is 512 g/mol. The molecule has 222 valence electrons. The number of ketones is 3. The molecule has 9 atom stereocenters. The largest absolute Gasteiger partial charge is 0.456 e. The number of carbonyl (C=O) groups excluding carboxylic acids is 4. The third-order valence-electron chi connectivity index (χ3n) is 11.5. The summed E-state index contributed by atoms with van der Waals surface area (Å²) in [6.07, 6.45) is 3.55. The maximum absolute atomic E-state index is 14.3. The normalized spacial score (nSPS) is 42.4. The van der Waals surface area contributed by atoms with Crippen molar-refractivity contribution in [1.29, 1.82) is 0 Å². The topological polar surface area (TPSA) is 138 Å². The number of esters is 1. The lowest BCUT2D eigenvalue weighted by Crippen LogP contribution is -2.65. The van der Waals surface area contributed by atoms with Gasteiger partial charge in [0.05, 0.1) is 6.10 Å². The number of allylic oxidation sites excluding steroid dienone is 2. The molecule has 2 unspecified atom stereocenters. The molecule has 3 fully saturated rings. The highest BCUT2D eigenvalue weighted by molar-refractivity contribution is 5.98. The van der Waals surface area contributed by atoms with Crippen LogP contribution in [0.5, 0.6) is 0 Å². The van der Waals surface area contributed by atoms with E-state index in [0.717, 1.165) is 5.57 Å². The van der Waals surface area contributed by atoms with Crippen molar-refractivity contribution in [3.8, 4) is 0 Å². The van der Waals surface area contributed by atoms with E-state index in [0.29, 0.717) is 12.8 Å². The van der Waals surface area contributed by atoms with Crippen LogP contribution >= 0.6 is 0 Å². The third kappa shape index (κ3) is 4.11. The van der Waals surface area contributed by atoms with Gasteiger partial charge in [-0.25, -0.2) is 0 Å². The predicted octanol–water partition coefficient (Wildman–Crippen LogP) is 3.50. The number of aliphatic hydroxyl groups is 3. The van der Waals surface area contributed by atoms with Crippen LogP contribution in [0.2, 0.25) is 0 Å². The van der Waals surface area contributed by atoms with Crippen molar-refractivity contribution in [3.05, 3.63) is 23.8 Å². The molecule has 0 saturated heterocycles. The number of fused-ring (bicyclic) bond motifs is 5. The van der Waals surface area contributed by atoms with E-state index in [1.54, 1.807) is 13.8 Å². The van der Waals surface area contributed by atoms with E-state index in [4.69, 9.17) is 4.74 Å². The molecule has 40 heavy (non-hydrogen) atoms. The molecule has 3 saturated carbocycles. The number of hydrogen-bond acceptors (Lipinski definition) is 8. The summed E-state index contributed by atoms with van der Waals surface area (Å²) in [5.74, 6) is -2.85. The molecule has 4 aliphatic rings. The van der Waals surface area contributed by atoms with Gasteiger partial charge in [-0.05, 0) is 88.7 Å². The van der Waals surface area contributed by atoms with Crippen LogP contribution in [-0.2, 0) is 23.9 Å². The Balaban J connectivity index is 1.75. The summed E-state index contributed by atoms with van der Waals surface area (Å²) >= 11 is 0. The molecule has 0 amide bonds. The van der Waals surface area contributed by atoms with Crippen LogP contribution in [0.3, 0.4) is 0 Å². The molecule has 0 aliphatic heterocycles. The lowest BCUT2D eigenvalue weighted by molar-refractivity contribution is -0.183. The monoisotopic (exact) mass is 558 g/mol. The van der Waals surface area contributed by atoms with E-state index in [1.165, 1.54) is 26.0 Å². The Morgan fingerprint density at radius 2 is 1.65 bits per heavy atom. The van der Waals surface area contributed by atoms with Crippen LogP contribution < -0.4 is 0 Å². The van der Waals surface area contributed by atoms with Gasteiger partial charge in [0, 0.05) is 30.1 Å². The van der Waals surface area contributed by atoms with Crippen molar-refractivity contribution in [2.24, 2.45) is 39.4 Å². The minimum Gasteiger partial charge on any atom is -0.456 e. The lowest BCUT2D eigenvalue weighted by atomic mass is 9.38. The van der Waals surface area contributed by atoms with Crippen molar-refractivity contribution >= 4 is 23.3 Å². The van der Waals surface area contributed by atoms with Gasteiger partial charge in [-0.3, -0.25) is 19.2 Å². The number of Topliss-reactive ketones (excluding diaryl/α,β-unsaturated/α-hetero) is 2. The van der Waals surface area contributed by atoms with Crippen molar-refractivity contribution in [1.82, 2.24) is 0 Å². The Morgan fingerprint density at radius 1 is 1.05 bits per heavy atom. The molecule has 0 aromatic rings. The van der Waals surface area contributed by atoms with Gasteiger partial charge in [0.25, 0.3) is 0 Å². The van der Waals surface area contributed by atoms with Gasteiger partial charge >= 0.3 is 5.97 Å². The third-order valence-corrected chi connectivity index (χ3v) is 11.5. The van der Waals surface area contributed by atoms with Crippen molar-refractivity contribution < 1.29 is 39.2 Å². The second-order valence-corrected chi connectivity index (χ2v) is 14.8. The smallest absolute Gasteiger partial charge is 0.303 e. The summed E-state index contributed by atoms with van der Waals surface area (Å²) in [5, 5.41) is 34.0. The second kappa shape index (κ2) is 9.17. The zero-order chi connectivity index (χ0) is 30.4. The number of aliphatic hydroxyl groups excluding tert-OH is 2. The molecule has 0 aromatic carbocycles. The Kier molecular flexibility index (Phi) is 7.06. The zero-order valence-electron chi connectivity index (χ0n) is 25.3. The molecule has 8 nitrogen and oxygen atoms in total. The first-order chi connectivity index (χ1) is 18.1. The molecule has 3 N–H and O–H groups in total. The van der Waals surface area contributed by atoms with Gasteiger partial charge in [-0.1, -0.05) is 32.4 Å². The van der Waals surface area contributed by atoms with E-state index in [9.17, 15) is 34.5 Å². The average molecular weight is 559 g/mol. The SMILES string of the molecule is CC(=O)OC(C)(C)/C=C/C(=O)[C@](C)(O)[C@H]1C(O)C[C@]2(C)[C@@H]3CC=C4[C@H](CC(O)C(=O)C4(C)C)[C@@]3(C)C(=O)C[C@@]12C. The maximum atomic E-state index is 14.3. The van der Waals surface area contributed by atoms with E-state index in [2.05, 4.69) is 13.0 Å². The summed E-state index contributed by atoms with van der Waals surface area (Å²) in [5.41, 5.74) is -5.43. The van der Waals surface area contributed by atoms with Gasteiger partial charge in [0.2, 0.25) is 0 Å². The summed E-state index contributed by atoms with van der Waals surface area (Å²) in [4.78, 5) is 52.1. The van der Waals surface area contributed by atoms with E-state index < -0.39 is 62.7 Å². The van der Waals surface area contributed by atoms with Crippen LogP contribution in [-0.4, -0.2) is 62.0 Å². The molecule has 8 heteroatoms. The number of carbonyl (C=O) groups is 4. The van der Waals surface area contributed by atoms with Crippen molar-refractivity contribution in [3.63, 3.8) is 0 Å². The van der Waals surface area contributed by atoms with Gasteiger partial charge in [-0.15, -0.1) is 0 Å². The Bertz CT molecular complexity index is 1210. The van der Waals surface area contributed by atoms with Gasteiger partial charge in [-0.2, -0.15) is 0 Å². The van der Waals surface area contributed by atoms with E-state index >= 15 is 0 Å². The van der Waals surface area contributed by atoms with Crippen LogP contribution in [0.15, 0.2) is 23.8 Å². The molecule has 0 aromatic heterocycles. The zero-order valence-corrected chi connectivity index (χ0v) is 25.3. The molecule has 4 rings (SSSR count).